The first-order valence-electron chi connectivity index (χ1n) is 4.46. The van der Waals surface area contributed by atoms with Crippen LogP contribution in [0, 0.1) is 5.92 Å². The predicted octanol–water partition coefficient (Wildman–Crippen LogP) is 1.78. The largest absolute Gasteiger partial charge is 0.326 e. The van der Waals surface area contributed by atoms with Gasteiger partial charge < -0.3 is 9.42 Å². The molecular formula is C8H17O4P. The number of ketones is 1. The first-order valence-corrected chi connectivity index (χ1v) is 5.72. The van der Waals surface area contributed by atoms with Crippen molar-refractivity contribution in [2.24, 2.45) is 5.92 Å². The number of hydrogen-bond donors (Lipinski definition) is 1. The molecule has 1 N–H and O–H groups in total. The Kier molecular flexibility index (Phi) is 7.14. The van der Waals surface area contributed by atoms with Crippen molar-refractivity contribution in [3.8, 4) is 0 Å². The van der Waals surface area contributed by atoms with Gasteiger partial charge in [-0.3, -0.25) is 9.36 Å². The minimum Gasteiger partial charge on any atom is -0.326 e. The van der Waals surface area contributed by atoms with Gasteiger partial charge in [0.1, 0.15) is 6.61 Å². The molecule has 13 heavy (non-hydrogen) atoms. The van der Waals surface area contributed by atoms with Gasteiger partial charge in [0.15, 0.2) is 5.78 Å². The van der Waals surface area contributed by atoms with Crippen molar-refractivity contribution in [1.82, 2.24) is 0 Å². The summed E-state index contributed by atoms with van der Waals surface area (Å²) >= 11 is 0. The van der Waals surface area contributed by atoms with E-state index in [0.717, 1.165) is 19.3 Å². The Morgan fingerprint density at radius 2 is 2.23 bits per heavy atom. The van der Waals surface area contributed by atoms with Gasteiger partial charge in [-0.05, 0) is 6.42 Å². The van der Waals surface area contributed by atoms with Gasteiger partial charge in [-0.25, -0.2) is 0 Å². The molecule has 0 spiro atoms. The lowest BCUT2D eigenvalue weighted by Crippen LogP contribution is -2.15. The third-order valence-electron chi connectivity index (χ3n) is 1.88. The Morgan fingerprint density at radius 3 is 2.69 bits per heavy atom. The zero-order chi connectivity index (χ0) is 10.3. The fourth-order valence-corrected chi connectivity index (χ4v) is 1.21. The van der Waals surface area contributed by atoms with Crippen LogP contribution in [0.25, 0.3) is 0 Å². The number of carbonyl (C=O) groups is 1. The van der Waals surface area contributed by atoms with E-state index in [1.807, 2.05) is 6.92 Å². The molecular weight excluding hydrogens is 191 g/mol. The van der Waals surface area contributed by atoms with Crippen LogP contribution in [-0.4, -0.2) is 17.3 Å². The standard InChI is InChI=1S/C8H17O4P/c1-3-4-5-7(2)8(9)6-12-13(10)11/h7,13H,3-6H2,1-2H3,(H,10,11). The molecule has 5 heteroatoms. The van der Waals surface area contributed by atoms with E-state index < -0.39 is 8.25 Å². The van der Waals surface area contributed by atoms with Gasteiger partial charge in [0.05, 0.1) is 0 Å². The normalized spacial score (nSPS) is 15.3. The van der Waals surface area contributed by atoms with Crippen LogP contribution in [0.5, 0.6) is 0 Å². The zero-order valence-corrected chi connectivity index (χ0v) is 9.08. The van der Waals surface area contributed by atoms with E-state index in [1.165, 1.54) is 0 Å². The average molecular weight is 208 g/mol. The molecule has 4 nitrogen and oxygen atoms in total. The van der Waals surface area contributed by atoms with E-state index in [1.54, 1.807) is 0 Å². The van der Waals surface area contributed by atoms with Crippen molar-refractivity contribution in [1.29, 1.82) is 0 Å². The van der Waals surface area contributed by atoms with Crippen LogP contribution in [-0.2, 0) is 13.9 Å². The number of hydrogen-bond acceptors (Lipinski definition) is 3. The topological polar surface area (TPSA) is 63.6 Å². The maximum Gasteiger partial charge on any atom is 0.317 e. The number of carbonyl (C=O) groups excluding carboxylic acids is 1. The minimum absolute atomic E-state index is 0.0682. The van der Waals surface area contributed by atoms with Crippen LogP contribution < -0.4 is 0 Å². The fraction of sp³-hybridized carbons (Fsp3) is 0.875. The summed E-state index contributed by atoms with van der Waals surface area (Å²) < 4.78 is 14.5. The van der Waals surface area contributed by atoms with Crippen molar-refractivity contribution in [2.45, 2.75) is 33.1 Å². The lowest BCUT2D eigenvalue weighted by Gasteiger charge is -2.08. The van der Waals surface area contributed by atoms with Crippen LogP contribution in [0.15, 0.2) is 0 Å². The third kappa shape index (κ3) is 6.94. The van der Waals surface area contributed by atoms with Crippen LogP contribution in [0.1, 0.15) is 33.1 Å². The number of unbranched alkanes of at least 4 members (excludes halogenated alkanes) is 1. The van der Waals surface area contributed by atoms with Crippen LogP contribution in [0.2, 0.25) is 0 Å². The molecule has 2 unspecified atom stereocenters. The molecule has 0 aliphatic heterocycles. The zero-order valence-electron chi connectivity index (χ0n) is 8.08. The van der Waals surface area contributed by atoms with Gasteiger partial charge in [0, 0.05) is 5.92 Å². The molecule has 0 saturated carbocycles. The third-order valence-corrected chi connectivity index (χ3v) is 2.27. The summed E-state index contributed by atoms with van der Waals surface area (Å²) in [5, 5.41) is 0. The summed E-state index contributed by atoms with van der Waals surface area (Å²) in [4.78, 5) is 19.5. The molecule has 0 aliphatic rings. The minimum atomic E-state index is -2.95. The van der Waals surface area contributed by atoms with Gasteiger partial charge in [0.2, 0.25) is 0 Å². The summed E-state index contributed by atoms with van der Waals surface area (Å²) in [6, 6.07) is 0. The second-order valence-corrected chi connectivity index (χ2v) is 3.88. The summed E-state index contributed by atoms with van der Waals surface area (Å²) in [5.74, 6) is -0.165. The van der Waals surface area contributed by atoms with E-state index in [9.17, 15) is 9.36 Å². The highest BCUT2D eigenvalue weighted by molar-refractivity contribution is 7.32. The molecule has 0 aromatic rings. The van der Waals surface area contributed by atoms with Gasteiger partial charge in [-0.1, -0.05) is 26.7 Å². The molecule has 2 atom stereocenters. The van der Waals surface area contributed by atoms with Crippen molar-refractivity contribution in [3.05, 3.63) is 0 Å². The first kappa shape index (κ1) is 12.8. The summed E-state index contributed by atoms with van der Waals surface area (Å²) in [5.41, 5.74) is 0. The summed E-state index contributed by atoms with van der Waals surface area (Å²) in [6.45, 7) is 3.63. The highest BCUT2D eigenvalue weighted by atomic mass is 31.1. The second kappa shape index (κ2) is 7.25. The predicted molar refractivity (Wildman–Crippen MR) is 50.9 cm³/mol. The Bertz CT molecular complexity index is 181. The SMILES string of the molecule is CCCCC(C)C(=O)CO[PH](=O)O. The molecule has 0 rings (SSSR count). The molecule has 0 bridgehead atoms. The van der Waals surface area contributed by atoms with E-state index in [0.29, 0.717) is 0 Å². The molecule has 0 aromatic heterocycles. The number of rotatable bonds is 7. The van der Waals surface area contributed by atoms with Crippen LogP contribution >= 0.6 is 8.25 Å². The molecule has 0 fully saturated rings. The highest BCUT2D eigenvalue weighted by Gasteiger charge is 2.12. The Hall–Kier alpha value is -0.180. The molecule has 0 radical (unpaired) electrons. The quantitative estimate of drug-likeness (QED) is 0.648. The molecule has 0 aromatic carbocycles. The molecule has 0 aliphatic carbocycles. The van der Waals surface area contributed by atoms with Crippen molar-refractivity contribution in [3.63, 3.8) is 0 Å². The van der Waals surface area contributed by atoms with Crippen molar-refractivity contribution < 1.29 is 18.8 Å². The van der Waals surface area contributed by atoms with Gasteiger partial charge in [-0.2, -0.15) is 0 Å². The Balaban J connectivity index is 3.63. The lowest BCUT2D eigenvalue weighted by molar-refractivity contribution is -0.124. The monoisotopic (exact) mass is 208 g/mol. The highest BCUT2D eigenvalue weighted by Crippen LogP contribution is 2.16. The summed E-state index contributed by atoms with van der Waals surface area (Å²) in [7, 11) is -2.95. The maximum absolute atomic E-state index is 11.2. The Morgan fingerprint density at radius 1 is 1.62 bits per heavy atom. The number of Topliss-reactive ketones (excluding diaryl/α,β-unsaturated/α-hetero) is 1. The van der Waals surface area contributed by atoms with Crippen LogP contribution in [0.4, 0.5) is 0 Å². The van der Waals surface area contributed by atoms with Crippen molar-refractivity contribution in [2.75, 3.05) is 6.61 Å². The van der Waals surface area contributed by atoms with Crippen LogP contribution in [0.3, 0.4) is 0 Å². The smallest absolute Gasteiger partial charge is 0.317 e. The molecule has 0 saturated heterocycles. The summed E-state index contributed by atoms with van der Waals surface area (Å²) in [6.07, 6.45) is 2.88. The molecule has 0 amide bonds. The molecule has 78 valence electrons. The maximum atomic E-state index is 11.2. The average Bonchev–Trinajstić information content (AvgIpc) is 2.10. The van der Waals surface area contributed by atoms with E-state index in [4.69, 9.17) is 4.89 Å². The van der Waals surface area contributed by atoms with E-state index in [2.05, 4.69) is 11.4 Å². The van der Waals surface area contributed by atoms with Gasteiger partial charge in [-0.15, -0.1) is 0 Å². The van der Waals surface area contributed by atoms with Gasteiger partial charge in [0.25, 0.3) is 0 Å². The molecule has 0 heterocycles. The van der Waals surface area contributed by atoms with Gasteiger partial charge >= 0.3 is 8.25 Å². The second-order valence-electron chi connectivity index (χ2n) is 3.06. The fourth-order valence-electron chi connectivity index (χ4n) is 0.946. The van der Waals surface area contributed by atoms with Crippen molar-refractivity contribution >= 4 is 14.0 Å². The van der Waals surface area contributed by atoms with E-state index >= 15 is 0 Å². The van der Waals surface area contributed by atoms with E-state index in [-0.39, 0.29) is 18.3 Å². The first-order chi connectivity index (χ1) is 6.07. The Labute approximate surface area is 79.2 Å². The lowest BCUT2D eigenvalue weighted by atomic mass is 10.0.